The molecule has 2 rings (SSSR count). The number of aliphatic imine (C=N–C) groups is 1. The average molecular weight is 306 g/mol. The number of rotatable bonds is 5. The number of ether oxygens (including phenoxy) is 1. The minimum Gasteiger partial charge on any atom is -0.494 e. The summed E-state index contributed by atoms with van der Waals surface area (Å²) in [7, 11) is 5.01. The molecule has 0 aliphatic carbocycles. The Morgan fingerprint density at radius 3 is 2.86 bits per heavy atom. The first-order valence-corrected chi connectivity index (χ1v) is 6.77. The smallest absolute Gasteiger partial charge is 0.194 e. The van der Waals surface area contributed by atoms with Crippen LogP contribution in [0.3, 0.4) is 0 Å². The van der Waals surface area contributed by atoms with Crippen molar-refractivity contribution < 1.29 is 13.7 Å². The van der Waals surface area contributed by atoms with E-state index in [4.69, 9.17) is 9.26 Å². The van der Waals surface area contributed by atoms with Crippen molar-refractivity contribution in [1.82, 2.24) is 15.4 Å². The zero-order valence-electron chi connectivity index (χ0n) is 12.8. The third kappa shape index (κ3) is 3.97. The van der Waals surface area contributed by atoms with Gasteiger partial charge in [-0.15, -0.1) is 0 Å². The van der Waals surface area contributed by atoms with E-state index in [0.29, 0.717) is 19.0 Å². The van der Waals surface area contributed by atoms with Crippen LogP contribution in [-0.2, 0) is 13.1 Å². The normalized spacial score (nSPS) is 11.4. The highest BCUT2D eigenvalue weighted by molar-refractivity contribution is 5.79. The molecule has 0 bridgehead atoms. The van der Waals surface area contributed by atoms with Gasteiger partial charge in [-0.1, -0.05) is 11.2 Å². The predicted molar refractivity (Wildman–Crippen MR) is 81.1 cm³/mol. The van der Waals surface area contributed by atoms with E-state index >= 15 is 0 Å². The first-order chi connectivity index (χ1) is 10.6. The lowest BCUT2D eigenvalue weighted by Crippen LogP contribution is -2.38. The summed E-state index contributed by atoms with van der Waals surface area (Å²) in [5, 5.41) is 6.99. The van der Waals surface area contributed by atoms with Crippen molar-refractivity contribution in [2.24, 2.45) is 4.99 Å². The van der Waals surface area contributed by atoms with Gasteiger partial charge in [0.2, 0.25) is 0 Å². The zero-order valence-corrected chi connectivity index (χ0v) is 12.8. The highest BCUT2D eigenvalue weighted by atomic mass is 19.1. The summed E-state index contributed by atoms with van der Waals surface area (Å²) in [6.07, 6.45) is 1.52. The zero-order chi connectivity index (χ0) is 15.9. The number of aromatic nitrogens is 1. The molecular weight excluding hydrogens is 287 g/mol. The fourth-order valence-electron chi connectivity index (χ4n) is 2.04. The number of benzene rings is 1. The number of guanidine groups is 1. The van der Waals surface area contributed by atoms with E-state index in [2.05, 4.69) is 15.5 Å². The van der Waals surface area contributed by atoms with Crippen LogP contribution < -0.4 is 10.1 Å². The lowest BCUT2D eigenvalue weighted by Gasteiger charge is -2.22. The van der Waals surface area contributed by atoms with Crippen LogP contribution >= 0.6 is 0 Å². The van der Waals surface area contributed by atoms with E-state index in [9.17, 15) is 4.39 Å². The predicted octanol–water partition coefficient (Wildman–Crippen LogP) is 2.03. The number of hydrogen-bond acceptors (Lipinski definition) is 4. The van der Waals surface area contributed by atoms with Crippen molar-refractivity contribution >= 4 is 5.96 Å². The van der Waals surface area contributed by atoms with Gasteiger partial charge in [0, 0.05) is 26.7 Å². The monoisotopic (exact) mass is 306 g/mol. The fraction of sp³-hybridized carbons (Fsp3) is 0.333. The van der Waals surface area contributed by atoms with Crippen LogP contribution in [0.5, 0.6) is 5.75 Å². The Morgan fingerprint density at radius 2 is 2.27 bits per heavy atom. The summed E-state index contributed by atoms with van der Waals surface area (Å²) in [4.78, 5) is 6.08. The summed E-state index contributed by atoms with van der Waals surface area (Å²) >= 11 is 0. The van der Waals surface area contributed by atoms with Gasteiger partial charge in [-0.2, -0.15) is 0 Å². The van der Waals surface area contributed by atoms with Crippen LogP contribution in [0, 0.1) is 5.82 Å². The topological polar surface area (TPSA) is 62.9 Å². The third-order valence-corrected chi connectivity index (χ3v) is 3.13. The maximum atomic E-state index is 13.7. The quantitative estimate of drug-likeness (QED) is 0.676. The van der Waals surface area contributed by atoms with Gasteiger partial charge in [0.15, 0.2) is 17.5 Å². The first kappa shape index (κ1) is 15.8. The minimum atomic E-state index is -0.376. The van der Waals surface area contributed by atoms with Gasteiger partial charge < -0.3 is 19.5 Å². The van der Waals surface area contributed by atoms with Gasteiger partial charge in [0.25, 0.3) is 0 Å². The van der Waals surface area contributed by atoms with Crippen LogP contribution in [-0.4, -0.2) is 37.2 Å². The number of nitrogens with zero attached hydrogens (tertiary/aromatic N) is 3. The largest absolute Gasteiger partial charge is 0.494 e. The molecule has 0 atom stereocenters. The van der Waals surface area contributed by atoms with Crippen LogP contribution in [0.25, 0.3) is 0 Å². The van der Waals surface area contributed by atoms with Gasteiger partial charge in [0.1, 0.15) is 12.0 Å². The Bertz CT molecular complexity index is 628. The molecule has 22 heavy (non-hydrogen) atoms. The van der Waals surface area contributed by atoms with E-state index in [1.54, 1.807) is 19.2 Å². The van der Waals surface area contributed by atoms with Gasteiger partial charge in [-0.3, -0.25) is 4.99 Å². The summed E-state index contributed by atoms with van der Waals surface area (Å²) in [6.45, 7) is 1.02. The molecule has 2 aromatic rings. The number of hydrogen-bond donors (Lipinski definition) is 1. The molecule has 0 unspecified atom stereocenters. The van der Waals surface area contributed by atoms with Crippen LogP contribution in [0.15, 0.2) is 40.0 Å². The molecule has 7 heteroatoms. The SMILES string of the molecule is CN=C(NCc1ccon1)N(C)Cc1ccc(OC)c(F)c1. The maximum Gasteiger partial charge on any atom is 0.194 e. The van der Waals surface area contributed by atoms with Crippen molar-refractivity contribution in [2.45, 2.75) is 13.1 Å². The van der Waals surface area contributed by atoms with E-state index in [1.807, 2.05) is 18.0 Å². The van der Waals surface area contributed by atoms with E-state index in [0.717, 1.165) is 11.3 Å². The van der Waals surface area contributed by atoms with Crippen molar-refractivity contribution in [1.29, 1.82) is 0 Å². The lowest BCUT2D eigenvalue weighted by molar-refractivity contribution is 0.385. The van der Waals surface area contributed by atoms with E-state index in [1.165, 1.54) is 19.4 Å². The molecule has 1 aromatic carbocycles. The fourth-order valence-corrected chi connectivity index (χ4v) is 2.04. The molecule has 1 heterocycles. The molecule has 0 aliphatic heterocycles. The maximum absolute atomic E-state index is 13.7. The second-order valence-corrected chi connectivity index (χ2v) is 4.72. The highest BCUT2D eigenvalue weighted by Crippen LogP contribution is 2.18. The standard InChI is InChI=1S/C15H19FN4O2/c1-17-15(18-9-12-6-7-22-19-12)20(2)10-11-4-5-14(21-3)13(16)8-11/h4-8H,9-10H2,1-3H3,(H,17,18). The van der Waals surface area contributed by atoms with Crippen molar-refractivity contribution in [3.8, 4) is 5.75 Å². The van der Waals surface area contributed by atoms with Gasteiger partial charge in [0.05, 0.1) is 13.7 Å². The van der Waals surface area contributed by atoms with Gasteiger partial charge >= 0.3 is 0 Å². The molecule has 0 saturated heterocycles. The molecule has 0 radical (unpaired) electrons. The average Bonchev–Trinajstić information content (AvgIpc) is 3.01. The molecular formula is C15H19FN4O2. The minimum absolute atomic E-state index is 0.236. The third-order valence-electron chi connectivity index (χ3n) is 3.13. The molecule has 0 aliphatic rings. The Morgan fingerprint density at radius 1 is 1.45 bits per heavy atom. The molecule has 1 N–H and O–H groups in total. The molecule has 0 saturated carbocycles. The molecule has 1 aromatic heterocycles. The summed E-state index contributed by atoms with van der Waals surface area (Å²) < 4.78 is 23.4. The molecule has 0 spiro atoms. The van der Waals surface area contributed by atoms with Crippen LogP contribution in [0.2, 0.25) is 0 Å². The Labute approximate surface area is 128 Å². The molecule has 0 fully saturated rings. The number of nitrogens with one attached hydrogen (secondary N) is 1. The summed E-state index contributed by atoms with van der Waals surface area (Å²) in [6, 6.07) is 6.67. The van der Waals surface area contributed by atoms with E-state index < -0.39 is 0 Å². The second-order valence-electron chi connectivity index (χ2n) is 4.72. The Balaban J connectivity index is 1.97. The van der Waals surface area contributed by atoms with Crippen LogP contribution in [0.1, 0.15) is 11.3 Å². The van der Waals surface area contributed by atoms with Crippen LogP contribution in [0.4, 0.5) is 4.39 Å². The second kappa shape index (κ2) is 7.44. The number of methoxy groups -OCH3 is 1. The summed E-state index contributed by atoms with van der Waals surface area (Å²) in [5.41, 5.74) is 1.61. The van der Waals surface area contributed by atoms with Crippen molar-refractivity contribution in [3.05, 3.63) is 47.6 Å². The Hall–Kier alpha value is -2.57. The Kier molecular flexibility index (Phi) is 5.35. The lowest BCUT2D eigenvalue weighted by atomic mass is 10.2. The molecule has 0 amide bonds. The molecule has 6 nitrogen and oxygen atoms in total. The first-order valence-electron chi connectivity index (χ1n) is 6.77. The molecule has 118 valence electrons. The van der Waals surface area contributed by atoms with Crippen molar-refractivity contribution in [2.75, 3.05) is 21.2 Å². The van der Waals surface area contributed by atoms with Crippen molar-refractivity contribution in [3.63, 3.8) is 0 Å². The number of halogens is 1. The summed E-state index contributed by atoms with van der Waals surface area (Å²) in [5.74, 6) is 0.540. The highest BCUT2D eigenvalue weighted by Gasteiger charge is 2.09. The van der Waals surface area contributed by atoms with Gasteiger partial charge in [-0.25, -0.2) is 4.39 Å². The van der Waals surface area contributed by atoms with Gasteiger partial charge in [-0.05, 0) is 17.7 Å². The van der Waals surface area contributed by atoms with E-state index in [-0.39, 0.29) is 11.6 Å².